The van der Waals surface area contributed by atoms with Gasteiger partial charge in [-0.15, -0.1) is 0 Å². The average molecular weight is 285 g/mol. The fraction of sp³-hybridized carbons (Fsp3) is 0.933. The van der Waals surface area contributed by atoms with Crippen molar-refractivity contribution in [3.05, 3.63) is 0 Å². The molecule has 118 valence electrons. The molecule has 0 aromatic rings. The van der Waals surface area contributed by atoms with Gasteiger partial charge in [0.1, 0.15) is 6.04 Å². The number of esters is 1. The van der Waals surface area contributed by atoms with Crippen LogP contribution in [0.5, 0.6) is 0 Å². The standard InChI is InChI=1S/C15H31N3O2/c1-6-13-10-17(4)8-7-9-18(13)11-14(15(19)20-5)16-12(2)3/h12-14,16H,6-11H2,1-5H3. The van der Waals surface area contributed by atoms with Gasteiger partial charge in [-0.1, -0.05) is 20.8 Å². The number of hydrogen-bond donors (Lipinski definition) is 1. The molecule has 0 amide bonds. The first-order chi connectivity index (χ1) is 9.47. The van der Waals surface area contributed by atoms with Crippen LogP contribution < -0.4 is 5.32 Å². The summed E-state index contributed by atoms with van der Waals surface area (Å²) < 4.78 is 4.94. The largest absolute Gasteiger partial charge is 0.468 e. The third kappa shape index (κ3) is 5.38. The molecule has 1 aliphatic heterocycles. The van der Waals surface area contributed by atoms with Crippen molar-refractivity contribution in [3.63, 3.8) is 0 Å². The zero-order valence-electron chi connectivity index (χ0n) is 13.7. The molecule has 1 aliphatic rings. The lowest BCUT2D eigenvalue weighted by Crippen LogP contribution is -2.52. The van der Waals surface area contributed by atoms with Crippen molar-refractivity contribution in [3.8, 4) is 0 Å². The molecule has 1 N–H and O–H groups in total. The highest BCUT2D eigenvalue weighted by Crippen LogP contribution is 2.13. The van der Waals surface area contributed by atoms with Crippen LogP contribution in [0.25, 0.3) is 0 Å². The van der Waals surface area contributed by atoms with Crippen LogP contribution in [0.4, 0.5) is 0 Å². The summed E-state index contributed by atoms with van der Waals surface area (Å²) in [6.07, 6.45) is 2.27. The van der Waals surface area contributed by atoms with Crippen LogP contribution in [-0.4, -0.2) is 74.2 Å². The predicted octanol–water partition coefficient (Wildman–Crippen LogP) is 0.942. The lowest BCUT2D eigenvalue weighted by molar-refractivity contribution is -0.144. The Balaban J connectivity index is 2.70. The molecule has 2 unspecified atom stereocenters. The van der Waals surface area contributed by atoms with E-state index in [-0.39, 0.29) is 18.1 Å². The molecule has 0 spiro atoms. The molecule has 0 radical (unpaired) electrons. The molecular weight excluding hydrogens is 254 g/mol. The molecule has 1 saturated heterocycles. The van der Waals surface area contributed by atoms with E-state index >= 15 is 0 Å². The highest BCUT2D eigenvalue weighted by Gasteiger charge is 2.28. The SMILES string of the molecule is CCC1CN(C)CCCN1CC(NC(C)C)C(=O)OC. The normalized spacial score (nSPS) is 23.6. The second-order valence-corrected chi connectivity index (χ2v) is 6.07. The molecule has 2 atom stereocenters. The van der Waals surface area contributed by atoms with Crippen LogP contribution in [-0.2, 0) is 9.53 Å². The number of hydrogen-bond acceptors (Lipinski definition) is 5. The molecule has 1 fully saturated rings. The Morgan fingerprint density at radius 2 is 2.10 bits per heavy atom. The van der Waals surface area contributed by atoms with Gasteiger partial charge in [-0.3, -0.25) is 9.69 Å². The number of nitrogens with one attached hydrogen (secondary N) is 1. The van der Waals surface area contributed by atoms with Gasteiger partial charge in [0.25, 0.3) is 0 Å². The maximum Gasteiger partial charge on any atom is 0.324 e. The topological polar surface area (TPSA) is 44.8 Å². The lowest BCUT2D eigenvalue weighted by Gasteiger charge is -2.33. The van der Waals surface area contributed by atoms with Gasteiger partial charge in [-0.2, -0.15) is 0 Å². The molecular formula is C15H31N3O2. The average Bonchev–Trinajstić information content (AvgIpc) is 2.58. The Hall–Kier alpha value is -0.650. The number of ether oxygens (including phenoxy) is 1. The third-order valence-corrected chi connectivity index (χ3v) is 3.93. The van der Waals surface area contributed by atoms with Crippen molar-refractivity contribution >= 4 is 5.97 Å². The molecule has 20 heavy (non-hydrogen) atoms. The molecule has 1 rings (SSSR count). The molecule has 0 aromatic carbocycles. The van der Waals surface area contributed by atoms with Crippen molar-refractivity contribution in [2.45, 2.75) is 51.7 Å². The zero-order valence-corrected chi connectivity index (χ0v) is 13.7. The Bertz CT molecular complexity index is 297. The van der Waals surface area contributed by atoms with Crippen LogP contribution in [0.1, 0.15) is 33.6 Å². The van der Waals surface area contributed by atoms with E-state index in [9.17, 15) is 4.79 Å². The van der Waals surface area contributed by atoms with Crippen molar-refractivity contribution in [2.24, 2.45) is 0 Å². The summed E-state index contributed by atoms with van der Waals surface area (Å²) in [7, 11) is 3.64. The first kappa shape index (κ1) is 17.4. The van der Waals surface area contributed by atoms with Gasteiger partial charge >= 0.3 is 5.97 Å². The van der Waals surface area contributed by atoms with Crippen LogP contribution >= 0.6 is 0 Å². The highest BCUT2D eigenvalue weighted by molar-refractivity contribution is 5.76. The van der Waals surface area contributed by atoms with Gasteiger partial charge in [0.2, 0.25) is 0 Å². The summed E-state index contributed by atoms with van der Waals surface area (Å²) in [5.41, 5.74) is 0. The number of nitrogens with zero attached hydrogens (tertiary/aromatic N) is 2. The summed E-state index contributed by atoms with van der Waals surface area (Å²) in [6.45, 7) is 10.3. The van der Waals surface area contributed by atoms with Crippen LogP contribution in [0.3, 0.4) is 0 Å². The van der Waals surface area contributed by atoms with E-state index in [1.54, 1.807) is 0 Å². The van der Waals surface area contributed by atoms with E-state index in [1.807, 2.05) is 0 Å². The molecule has 0 aromatic heterocycles. The van der Waals surface area contributed by atoms with E-state index in [0.717, 1.165) is 39.0 Å². The van der Waals surface area contributed by atoms with Crippen molar-refractivity contribution < 1.29 is 9.53 Å². The number of carbonyl (C=O) groups is 1. The number of likely N-dealkylation sites (N-methyl/N-ethyl adjacent to an activating group) is 1. The van der Waals surface area contributed by atoms with Crippen LogP contribution in [0.2, 0.25) is 0 Å². The van der Waals surface area contributed by atoms with Gasteiger partial charge in [0.05, 0.1) is 7.11 Å². The second-order valence-electron chi connectivity index (χ2n) is 6.07. The maximum atomic E-state index is 11.9. The highest BCUT2D eigenvalue weighted by atomic mass is 16.5. The zero-order chi connectivity index (χ0) is 15.1. The van der Waals surface area contributed by atoms with E-state index in [0.29, 0.717) is 6.04 Å². The summed E-state index contributed by atoms with van der Waals surface area (Å²) >= 11 is 0. The third-order valence-electron chi connectivity index (χ3n) is 3.93. The molecule has 0 bridgehead atoms. The Morgan fingerprint density at radius 3 is 2.65 bits per heavy atom. The molecule has 1 heterocycles. The molecule has 0 aliphatic carbocycles. The van der Waals surface area contributed by atoms with Gasteiger partial charge in [0, 0.05) is 25.2 Å². The van der Waals surface area contributed by atoms with E-state index in [2.05, 4.69) is 42.9 Å². The molecule has 5 nitrogen and oxygen atoms in total. The van der Waals surface area contributed by atoms with Gasteiger partial charge in [0.15, 0.2) is 0 Å². The van der Waals surface area contributed by atoms with Crippen LogP contribution in [0.15, 0.2) is 0 Å². The maximum absolute atomic E-state index is 11.9. The number of methoxy groups -OCH3 is 1. The van der Waals surface area contributed by atoms with Crippen LogP contribution in [0, 0.1) is 0 Å². The van der Waals surface area contributed by atoms with E-state index in [1.165, 1.54) is 7.11 Å². The van der Waals surface area contributed by atoms with Gasteiger partial charge in [-0.25, -0.2) is 0 Å². The van der Waals surface area contributed by atoms with E-state index in [4.69, 9.17) is 4.74 Å². The summed E-state index contributed by atoms with van der Waals surface area (Å²) in [6, 6.07) is 0.551. The van der Waals surface area contributed by atoms with Gasteiger partial charge in [-0.05, 0) is 33.0 Å². The van der Waals surface area contributed by atoms with E-state index < -0.39 is 0 Å². The minimum Gasteiger partial charge on any atom is -0.468 e. The fourth-order valence-electron chi connectivity index (χ4n) is 2.89. The van der Waals surface area contributed by atoms with Gasteiger partial charge < -0.3 is 15.0 Å². The lowest BCUT2D eigenvalue weighted by atomic mass is 10.1. The molecule has 5 heteroatoms. The first-order valence-corrected chi connectivity index (χ1v) is 7.74. The predicted molar refractivity (Wildman–Crippen MR) is 81.8 cm³/mol. The Kier molecular flexibility index (Phi) is 7.48. The summed E-state index contributed by atoms with van der Waals surface area (Å²) in [4.78, 5) is 16.8. The Morgan fingerprint density at radius 1 is 1.40 bits per heavy atom. The first-order valence-electron chi connectivity index (χ1n) is 7.74. The number of rotatable bonds is 6. The quantitative estimate of drug-likeness (QED) is 0.736. The molecule has 0 saturated carbocycles. The monoisotopic (exact) mass is 285 g/mol. The second kappa shape index (κ2) is 8.60. The van der Waals surface area contributed by atoms with Crippen molar-refractivity contribution in [1.82, 2.24) is 15.1 Å². The minimum atomic E-state index is -0.238. The smallest absolute Gasteiger partial charge is 0.324 e. The van der Waals surface area contributed by atoms with Crippen molar-refractivity contribution in [2.75, 3.05) is 40.3 Å². The Labute approximate surface area is 123 Å². The fourth-order valence-corrected chi connectivity index (χ4v) is 2.89. The van der Waals surface area contributed by atoms with Crippen molar-refractivity contribution in [1.29, 1.82) is 0 Å². The minimum absolute atomic E-state index is 0.161. The summed E-state index contributed by atoms with van der Waals surface area (Å²) in [5.74, 6) is -0.161. The number of carbonyl (C=O) groups excluding carboxylic acids is 1. The summed E-state index contributed by atoms with van der Waals surface area (Å²) in [5, 5.41) is 3.32.